The van der Waals surface area contributed by atoms with Crippen LogP contribution in [0.1, 0.15) is 10.4 Å². The third-order valence-corrected chi connectivity index (χ3v) is 5.27. The van der Waals surface area contributed by atoms with Gasteiger partial charge in [0.25, 0.3) is 5.91 Å². The van der Waals surface area contributed by atoms with E-state index in [-0.39, 0.29) is 0 Å². The number of hydrazine groups is 1. The Balaban J connectivity index is 2.03. The molecule has 3 aromatic rings. The monoisotopic (exact) mass is 389 g/mol. The molecule has 26 heavy (non-hydrogen) atoms. The van der Waals surface area contributed by atoms with Crippen molar-refractivity contribution in [3.63, 3.8) is 0 Å². The van der Waals surface area contributed by atoms with E-state index in [4.69, 9.17) is 11.6 Å². The Hall–Kier alpha value is -2.48. The zero-order valence-electron chi connectivity index (χ0n) is 14.1. The molecule has 0 aliphatic heterocycles. The smallest absolute Gasteiger partial charge is 0.266 e. The predicted octanol–water partition coefficient (Wildman–Crippen LogP) is 3.09. The fraction of sp³-hybridized carbons (Fsp3) is 0.111. The third kappa shape index (κ3) is 3.85. The van der Waals surface area contributed by atoms with Gasteiger partial charge < -0.3 is 0 Å². The normalized spacial score (nSPS) is 11.7. The highest BCUT2D eigenvalue weighted by Gasteiger charge is 2.16. The lowest BCUT2D eigenvalue weighted by Crippen LogP contribution is -2.42. The number of aromatic nitrogens is 1. The number of amides is 1. The van der Waals surface area contributed by atoms with Gasteiger partial charge in [-0.1, -0.05) is 29.8 Å². The largest absolute Gasteiger partial charge is 0.271 e. The van der Waals surface area contributed by atoms with Crippen LogP contribution in [-0.2, 0) is 10.0 Å². The van der Waals surface area contributed by atoms with Crippen molar-refractivity contribution in [1.29, 1.82) is 0 Å². The molecule has 1 heterocycles. The maximum atomic E-state index is 12.4. The van der Waals surface area contributed by atoms with E-state index in [2.05, 4.69) is 10.4 Å². The fourth-order valence-corrected chi connectivity index (χ4v) is 2.83. The molecule has 8 heteroatoms. The van der Waals surface area contributed by atoms with Crippen molar-refractivity contribution in [2.24, 2.45) is 0 Å². The van der Waals surface area contributed by atoms with Crippen molar-refractivity contribution >= 4 is 38.3 Å². The average Bonchev–Trinajstić information content (AvgIpc) is 2.60. The average molecular weight is 390 g/mol. The van der Waals surface area contributed by atoms with Crippen LogP contribution in [0.3, 0.4) is 0 Å². The molecule has 1 aromatic heterocycles. The van der Waals surface area contributed by atoms with E-state index in [9.17, 15) is 13.2 Å². The van der Waals surface area contributed by atoms with Crippen molar-refractivity contribution in [3.8, 4) is 11.1 Å². The van der Waals surface area contributed by atoms with Crippen LogP contribution in [0.4, 0.5) is 0 Å². The van der Waals surface area contributed by atoms with Gasteiger partial charge in [0, 0.05) is 41.0 Å². The van der Waals surface area contributed by atoms with Gasteiger partial charge in [-0.15, -0.1) is 4.41 Å². The Kier molecular flexibility index (Phi) is 4.95. The summed E-state index contributed by atoms with van der Waals surface area (Å²) in [4.78, 5) is 16.6. The Morgan fingerprint density at radius 1 is 1.12 bits per heavy atom. The lowest BCUT2D eigenvalue weighted by molar-refractivity contribution is 0.0894. The summed E-state index contributed by atoms with van der Waals surface area (Å²) in [5.74, 6) is -0.515. The second-order valence-corrected chi connectivity index (χ2v) is 8.25. The molecule has 0 saturated heterocycles. The molecule has 6 nitrogen and oxygen atoms in total. The third-order valence-electron chi connectivity index (χ3n) is 3.93. The molecule has 0 unspecified atom stereocenters. The summed E-state index contributed by atoms with van der Waals surface area (Å²) in [6.07, 6.45) is 4.44. The molecule has 134 valence electrons. The molecule has 0 aliphatic rings. The van der Waals surface area contributed by atoms with Crippen molar-refractivity contribution in [2.45, 2.75) is 0 Å². The molecule has 0 bridgehead atoms. The van der Waals surface area contributed by atoms with Gasteiger partial charge in [-0.25, -0.2) is 8.42 Å². The summed E-state index contributed by atoms with van der Waals surface area (Å²) in [6, 6.07) is 12.4. The van der Waals surface area contributed by atoms with Crippen LogP contribution in [0.15, 0.2) is 54.9 Å². The van der Waals surface area contributed by atoms with Gasteiger partial charge in [-0.2, -0.15) is 0 Å². The van der Waals surface area contributed by atoms with Crippen LogP contribution < -0.4 is 5.43 Å². The molecular formula is C18H16ClN3O3S. The highest BCUT2D eigenvalue weighted by molar-refractivity contribution is 7.88. The zero-order valence-corrected chi connectivity index (χ0v) is 15.7. The topological polar surface area (TPSA) is 79.4 Å². The molecule has 0 aliphatic carbocycles. The highest BCUT2D eigenvalue weighted by Crippen LogP contribution is 2.29. The van der Waals surface area contributed by atoms with Crippen LogP contribution in [-0.4, -0.2) is 37.0 Å². The molecule has 0 spiro atoms. The minimum absolute atomic E-state index is 0.342. The lowest BCUT2D eigenvalue weighted by Gasteiger charge is -2.15. The maximum Gasteiger partial charge on any atom is 0.266 e. The summed E-state index contributed by atoms with van der Waals surface area (Å²) in [5.41, 5.74) is 4.45. The molecule has 0 atom stereocenters. The van der Waals surface area contributed by atoms with Crippen LogP contribution in [0.5, 0.6) is 0 Å². The molecule has 1 N–H and O–H groups in total. The number of nitrogens with zero attached hydrogens (tertiary/aromatic N) is 2. The van der Waals surface area contributed by atoms with E-state index < -0.39 is 15.9 Å². The number of carbonyl (C=O) groups excluding carboxylic acids is 1. The second kappa shape index (κ2) is 7.03. The maximum absolute atomic E-state index is 12.4. The number of benzene rings is 2. The van der Waals surface area contributed by atoms with Crippen LogP contribution >= 0.6 is 11.6 Å². The first kappa shape index (κ1) is 18.3. The van der Waals surface area contributed by atoms with E-state index in [1.165, 1.54) is 7.05 Å². The zero-order chi connectivity index (χ0) is 18.9. The SMILES string of the molecule is CN(NC(=O)c1ccc2cncc(-c3ccc(Cl)cc3)c2c1)S(C)(=O)=O. The predicted molar refractivity (Wildman–Crippen MR) is 102 cm³/mol. The van der Waals surface area contributed by atoms with E-state index in [1.807, 2.05) is 12.1 Å². The summed E-state index contributed by atoms with van der Waals surface area (Å²) in [7, 11) is -2.25. The van der Waals surface area contributed by atoms with Crippen molar-refractivity contribution in [1.82, 2.24) is 14.8 Å². The molecule has 1 amide bonds. The second-order valence-electron chi connectivity index (χ2n) is 5.80. The summed E-state index contributed by atoms with van der Waals surface area (Å²) in [5, 5.41) is 2.33. The van der Waals surface area contributed by atoms with Crippen LogP contribution in [0.2, 0.25) is 5.02 Å². The number of hydrogen-bond donors (Lipinski definition) is 1. The molecule has 2 aromatic carbocycles. The van der Waals surface area contributed by atoms with Gasteiger partial charge in [0.1, 0.15) is 0 Å². The van der Waals surface area contributed by atoms with Gasteiger partial charge in [0.05, 0.1) is 6.26 Å². The number of carbonyl (C=O) groups is 1. The number of nitrogens with one attached hydrogen (secondary N) is 1. The fourth-order valence-electron chi connectivity index (χ4n) is 2.45. The molecule has 3 rings (SSSR count). The number of pyridine rings is 1. The Morgan fingerprint density at radius 2 is 1.81 bits per heavy atom. The van der Waals surface area contributed by atoms with Gasteiger partial charge in [0.2, 0.25) is 10.0 Å². The Bertz CT molecular complexity index is 1080. The highest BCUT2D eigenvalue weighted by atomic mass is 35.5. The molecule has 0 saturated carbocycles. The first-order valence-electron chi connectivity index (χ1n) is 7.64. The van der Waals surface area contributed by atoms with Crippen molar-refractivity contribution < 1.29 is 13.2 Å². The summed E-state index contributed by atoms with van der Waals surface area (Å²) >= 11 is 5.95. The van der Waals surface area contributed by atoms with Gasteiger partial charge >= 0.3 is 0 Å². The lowest BCUT2D eigenvalue weighted by atomic mass is 9.99. The standard InChI is InChI=1S/C18H16ClN3O3S/c1-22(26(2,24)25)21-18(23)13-3-4-14-10-20-11-17(16(14)9-13)12-5-7-15(19)8-6-12/h3-11H,1-2H3,(H,21,23). The minimum Gasteiger partial charge on any atom is -0.271 e. The number of halogens is 1. The summed E-state index contributed by atoms with van der Waals surface area (Å²) < 4.78 is 23.7. The number of rotatable bonds is 4. The van der Waals surface area contributed by atoms with E-state index in [1.54, 1.807) is 42.7 Å². The Labute approximate surface area is 156 Å². The van der Waals surface area contributed by atoms with Crippen LogP contribution in [0, 0.1) is 0 Å². The quantitative estimate of drug-likeness (QED) is 0.695. The molecule has 0 radical (unpaired) electrons. The van der Waals surface area contributed by atoms with Crippen molar-refractivity contribution in [3.05, 3.63) is 65.4 Å². The van der Waals surface area contributed by atoms with Crippen LogP contribution in [0.25, 0.3) is 21.9 Å². The number of sulfonamides is 1. The van der Waals surface area contributed by atoms with Gasteiger partial charge in [-0.3, -0.25) is 15.2 Å². The van der Waals surface area contributed by atoms with Gasteiger partial charge in [0.15, 0.2) is 0 Å². The summed E-state index contributed by atoms with van der Waals surface area (Å²) in [6.45, 7) is 0. The number of fused-ring (bicyclic) bond motifs is 1. The van der Waals surface area contributed by atoms with E-state index in [0.717, 1.165) is 32.6 Å². The first-order chi connectivity index (χ1) is 12.3. The first-order valence-corrected chi connectivity index (χ1v) is 9.87. The van der Waals surface area contributed by atoms with Gasteiger partial charge in [-0.05, 0) is 35.2 Å². The molecule has 0 fully saturated rings. The number of hydrogen-bond acceptors (Lipinski definition) is 4. The molecular weight excluding hydrogens is 374 g/mol. The van der Waals surface area contributed by atoms with E-state index in [0.29, 0.717) is 10.6 Å². The van der Waals surface area contributed by atoms with Crippen molar-refractivity contribution in [2.75, 3.05) is 13.3 Å². The minimum atomic E-state index is -3.52. The Morgan fingerprint density at radius 3 is 2.46 bits per heavy atom. The van der Waals surface area contributed by atoms with E-state index >= 15 is 0 Å².